The first-order chi connectivity index (χ1) is 6.25. The van der Waals surface area contributed by atoms with Gasteiger partial charge in [-0.1, -0.05) is 11.8 Å². The van der Waals surface area contributed by atoms with Crippen molar-refractivity contribution < 1.29 is 4.74 Å². The van der Waals surface area contributed by atoms with Crippen LogP contribution in [0.4, 0.5) is 0 Å². The van der Waals surface area contributed by atoms with E-state index >= 15 is 0 Å². The standard InChI is InChI=1S/C7H11N3O2S/c1-10-7(8-6(11)9-10)13-5-3-2-4-12-5/h5H,2-4H2,1H3,(H,9,11). The predicted octanol–water partition coefficient (Wildman–Crippen LogP) is 0.337. The van der Waals surface area contributed by atoms with E-state index in [-0.39, 0.29) is 11.1 Å². The summed E-state index contributed by atoms with van der Waals surface area (Å²) in [5, 5.41) is 3.25. The lowest BCUT2D eigenvalue weighted by Gasteiger charge is -2.06. The summed E-state index contributed by atoms with van der Waals surface area (Å²) in [6, 6.07) is 0. The Bertz CT molecular complexity index is 340. The Labute approximate surface area is 79.5 Å². The molecule has 0 amide bonds. The molecule has 6 heteroatoms. The molecular weight excluding hydrogens is 190 g/mol. The van der Waals surface area contributed by atoms with Crippen LogP contribution in [0.5, 0.6) is 0 Å². The van der Waals surface area contributed by atoms with Gasteiger partial charge < -0.3 is 4.74 Å². The minimum Gasteiger partial charge on any atom is -0.367 e. The molecule has 2 rings (SSSR count). The van der Waals surface area contributed by atoms with Crippen molar-refractivity contribution in [3.05, 3.63) is 10.5 Å². The summed E-state index contributed by atoms with van der Waals surface area (Å²) in [7, 11) is 1.77. The number of aromatic amines is 1. The fourth-order valence-electron chi connectivity index (χ4n) is 1.24. The van der Waals surface area contributed by atoms with E-state index in [4.69, 9.17) is 4.74 Å². The largest absolute Gasteiger partial charge is 0.367 e. The third-order valence-electron chi connectivity index (χ3n) is 1.87. The molecule has 1 N–H and O–H groups in total. The van der Waals surface area contributed by atoms with Gasteiger partial charge in [0, 0.05) is 13.7 Å². The van der Waals surface area contributed by atoms with Crippen LogP contribution in [0.3, 0.4) is 0 Å². The number of nitrogens with zero attached hydrogens (tertiary/aromatic N) is 2. The van der Waals surface area contributed by atoms with E-state index in [0.29, 0.717) is 5.16 Å². The highest BCUT2D eigenvalue weighted by Gasteiger charge is 2.19. The monoisotopic (exact) mass is 201 g/mol. The fourth-order valence-corrected chi connectivity index (χ4v) is 2.27. The van der Waals surface area contributed by atoms with E-state index in [1.54, 1.807) is 11.7 Å². The van der Waals surface area contributed by atoms with Gasteiger partial charge in [-0.2, -0.15) is 4.98 Å². The maximum Gasteiger partial charge on any atom is 0.362 e. The molecule has 1 aromatic heterocycles. The van der Waals surface area contributed by atoms with Crippen LogP contribution < -0.4 is 5.69 Å². The van der Waals surface area contributed by atoms with Crippen molar-refractivity contribution in [1.82, 2.24) is 14.8 Å². The van der Waals surface area contributed by atoms with Crippen LogP contribution in [-0.4, -0.2) is 26.8 Å². The lowest BCUT2D eigenvalue weighted by atomic mass is 10.4. The van der Waals surface area contributed by atoms with Gasteiger partial charge in [-0.15, -0.1) is 0 Å². The fraction of sp³-hybridized carbons (Fsp3) is 0.714. The summed E-state index contributed by atoms with van der Waals surface area (Å²) in [5.74, 6) is 0. The predicted molar refractivity (Wildman–Crippen MR) is 48.7 cm³/mol. The number of rotatable bonds is 2. The summed E-state index contributed by atoms with van der Waals surface area (Å²) in [5.41, 5.74) is -0.142. The number of aromatic nitrogens is 3. The van der Waals surface area contributed by atoms with Gasteiger partial charge in [0.05, 0.1) is 0 Å². The van der Waals surface area contributed by atoms with Crippen LogP contribution in [0.15, 0.2) is 9.95 Å². The van der Waals surface area contributed by atoms with Crippen molar-refractivity contribution in [2.24, 2.45) is 7.05 Å². The van der Waals surface area contributed by atoms with Crippen molar-refractivity contribution >= 4 is 11.8 Å². The molecule has 1 aromatic rings. The number of hydrogen-bond acceptors (Lipinski definition) is 4. The maximum absolute atomic E-state index is 10.8. The summed E-state index contributed by atoms with van der Waals surface area (Å²) in [4.78, 5) is 14.7. The average Bonchev–Trinajstić information content (AvgIpc) is 2.63. The first kappa shape index (κ1) is 8.83. The van der Waals surface area contributed by atoms with Gasteiger partial charge in [0.2, 0.25) is 0 Å². The lowest BCUT2D eigenvalue weighted by Crippen LogP contribution is -2.03. The Morgan fingerprint density at radius 2 is 2.62 bits per heavy atom. The molecule has 0 spiro atoms. The summed E-state index contributed by atoms with van der Waals surface area (Å²) < 4.78 is 7.03. The van der Waals surface area contributed by atoms with Crippen molar-refractivity contribution in [3.63, 3.8) is 0 Å². The SMILES string of the molecule is Cn1[nH]c(=O)nc1SC1CCCO1. The molecule has 1 saturated heterocycles. The molecule has 0 radical (unpaired) electrons. The van der Waals surface area contributed by atoms with E-state index in [2.05, 4.69) is 10.1 Å². The van der Waals surface area contributed by atoms with E-state index in [1.165, 1.54) is 11.8 Å². The summed E-state index contributed by atoms with van der Waals surface area (Å²) >= 11 is 1.50. The quantitative estimate of drug-likeness (QED) is 0.749. The van der Waals surface area contributed by atoms with Crippen LogP contribution in [0.2, 0.25) is 0 Å². The van der Waals surface area contributed by atoms with E-state index in [0.717, 1.165) is 19.4 Å². The molecule has 5 nitrogen and oxygen atoms in total. The van der Waals surface area contributed by atoms with Gasteiger partial charge in [-0.25, -0.2) is 9.89 Å². The van der Waals surface area contributed by atoms with E-state index < -0.39 is 0 Å². The Balaban J connectivity index is 2.08. The topological polar surface area (TPSA) is 59.9 Å². The molecule has 0 aromatic carbocycles. The number of H-pyrrole nitrogens is 1. The first-order valence-corrected chi connectivity index (χ1v) is 5.05. The highest BCUT2D eigenvalue weighted by Crippen LogP contribution is 2.28. The Morgan fingerprint density at radius 1 is 1.77 bits per heavy atom. The molecule has 0 aliphatic carbocycles. The molecule has 1 aliphatic rings. The first-order valence-electron chi connectivity index (χ1n) is 4.17. The molecule has 13 heavy (non-hydrogen) atoms. The number of nitrogens with one attached hydrogen (secondary N) is 1. The Kier molecular flexibility index (Phi) is 2.41. The molecule has 0 saturated carbocycles. The zero-order valence-electron chi connectivity index (χ0n) is 7.32. The van der Waals surface area contributed by atoms with Crippen molar-refractivity contribution in [2.45, 2.75) is 23.4 Å². The molecule has 1 fully saturated rings. The normalized spacial score (nSPS) is 22.4. The van der Waals surface area contributed by atoms with Crippen molar-refractivity contribution in [3.8, 4) is 0 Å². The van der Waals surface area contributed by atoms with Crippen molar-refractivity contribution in [1.29, 1.82) is 0 Å². The molecule has 1 atom stereocenters. The summed E-state index contributed by atoms with van der Waals surface area (Å²) in [6.07, 6.45) is 2.13. The molecule has 1 aliphatic heterocycles. The number of thioether (sulfide) groups is 1. The second kappa shape index (κ2) is 3.55. The zero-order valence-corrected chi connectivity index (χ0v) is 8.13. The third kappa shape index (κ3) is 1.94. The van der Waals surface area contributed by atoms with Gasteiger partial charge >= 0.3 is 5.69 Å². The number of hydrogen-bond donors (Lipinski definition) is 1. The lowest BCUT2D eigenvalue weighted by molar-refractivity contribution is 0.173. The van der Waals surface area contributed by atoms with Gasteiger partial charge in [-0.3, -0.25) is 4.68 Å². The molecule has 1 unspecified atom stereocenters. The molecule has 2 heterocycles. The van der Waals surface area contributed by atoms with Crippen LogP contribution in [0.25, 0.3) is 0 Å². The van der Waals surface area contributed by atoms with Crippen molar-refractivity contribution in [2.75, 3.05) is 6.61 Å². The minimum absolute atomic E-state index is 0.161. The van der Waals surface area contributed by atoms with Gasteiger partial charge in [0.15, 0.2) is 5.16 Å². The van der Waals surface area contributed by atoms with E-state index in [1.807, 2.05) is 0 Å². The van der Waals surface area contributed by atoms with E-state index in [9.17, 15) is 4.79 Å². The minimum atomic E-state index is -0.303. The average molecular weight is 201 g/mol. The molecule has 72 valence electrons. The summed E-state index contributed by atoms with van der Waals surface area (Å²) in [6.45, 7) is 0.816. The van der Waals surface area contributed by atoms with Crippen LogP contribution in [-0.2, 0) is 11.8 Å². The second-order valence-electron chi connectivity index (χ2n) is 2.93. The van der Waals surface area contributed by atoms with Crippen LogP contribution >= 0.6 is 11.8 Å². The highest BCUT2D eigenvalue weighted by atomic mass is 32.2. The van der Waals surface area contributed by atoms with Crippen LogP contribution in [0.1, 0.15) is 12.8 Å². The highest BCUT2D eigenvalue weighted by molar-refractivity contribution is 7.99. The zero-order chi connectivity index (χ0) is 9.26. The third-order valence-corrected chi connectivity index (χ3v) is 3.08. The Morgan fingerprint density at radius 3 is 3.15 bits per heavy atom. The van der Waals surface area contributed by atoms with Gasteiger partial charge in [-0.05, 0) is 12.8 Å². The van der Waals surface area contributed by atoms with Crippen LogP contribution in [0, 0.1) is 0 Å². The smallest absolute Gasteiger partial charge is 0.362 e. The maximum atomic E-state index is 10.8. The number of ether oxygens (including phenoxy) is 1. The van der Waals surface area contributed by atoms with Gasteiger partial charge in [0.25, 0.3) is 0 Å². The van der Waals surface area contributed by atoms with Gasteiger partial charge in [0.1, 0.15) is 5.44 Å². The molecular formula is C7H11N3O2S. The number of aryl methyl sites for hydroxylation is 1. The second-order valence-corrected chi connectivity index (χ2v) is 4.06. The molecule has 0 bridgehead atoms. The Hall–Kier alpha value is -0.750.